The highest BCUT2D eigenvalue weighted by molar-refractivity contribution is 9.10. The molecular weight excluding hydrogens is 629 g/mol. The van der Waals surface area contributed by atoms with Crippen LogP contribution in [0.5, 0.6) is 5.75 Å². The van der Waals surface area contributed by atoms with Crippen molar-refractivity contribution in [3.8, 4) is 16.9 Å². The van der Waals surface area contributed by atoms with Crippen molar-refractivity contribution >= 4 is 68.2 Å². The van der Waals surface area contributed by atoms with Crippen LogP contribution < -0.4 is 25.6 Å². The molecule has 0 aliphatic carbocycles. The SMILES string of the molecule is COc1cc(N2CCCCC2)c(-c2cnn(C)c2)cc1Nc1ncc(Br)c(Nc2ccc3nccnc3c2P(C)(C)=O)n1. The molecule has 0 bridgehead atoms. The van der Waals surface area contributed by atoms with E-state index in [1.807, 2.05) is 31.6 Å². The Hall–Kier alpha value is -4.02. The Morgan fingerprint density at radius 1 is 0.977 bits per heavy atom. The highest BCUT2D eigenvalue weighted by Crippen LogP contribution is 2.43. The Balaban J connectivity index is 1.38. The van der Waals surface area contributed by atoms with Crippen LogP contribution in [-0.2, 0) is 11.6 Å². The van der Waals surface area contributed by atoms with E-state index in [0.717, 1.165) is 48.4 Å². The van der Waals surface area contributed by atoms with Gasteiger partial charge >= 0.3 is 0 Å². The number of hydrogen-bond acceptors (Lipinski definition) is 10. The molecule has 0 amide bonds. The molecule has 1 aliphatic rings. The van der Waals surface area contributed by atoms with E-state index in [-0.39, 0.29) is 0 Å². The molecule has 0 spiro atoms. The van der Waals surface area contributed by atoms with Crippen molar-refractivity contribution in [3.05, 3.63) is 59.7 Å². The Morgan fingerprint density at radius 2 is 1.77 bits per heavy atom. The van der Waals surface area contributed by atoms with Crippen LogP contribution in [0.25, 0.3) is 22.2 Å². The number of nitrogens with zero attached hydrogens (tertiary/aromatic N) is 7. The first kappa shape index (κ1) is 29.1. The van der Waals surface area contributed by atoms with Crippen LogP contribution in [0.4, 0.5) is 28.8 Å². The molecule has 222 valence electrons. The third kappa shape index (κ3) is 6.07. The fraction of sp³-hybridized carbons (Fsp3) is 0.300. The topological polar surface area (TPSA) is 123 Å². The van der Waals surface area contributed by atoms with E-state index < -0.39 is 7.14 Å². The predicted molar refractivity (Wildman–Crippen MR) is 176 cm³/mol. The fourth-order valence-corrected chi connectivity index (χ4v) is 7.14. The molecule has 2 N–H and O–H groups in total. The zero-order chi connectivity index (χ0) is 30.1. The molecule has 1 saturated heterocycles. The molecule has 3 aromatic heterocycles. The van der Waals surface area contributed by atoms with Gasteiger partial charge in [0.1, 0.15) is 24.2 Å². The van der Waals surface area contributed by atoms with Gasteiger partial charge in [-0.3, -0.25) is 14.6 Å². The summed E-state index contributed by atoms with van der Waals surface area (Å²) >= 11 is 3.57. The number of methoxy groups -OCH3 is 1. The number of fused-ring (bicyclic) bond motifs is 1. The van der Waals surface area contributed by atoms with Crippen molar-refractivity contribution < 1.29 is 9.30 Å². The summed E-state index contributed by atoms with van der Waals surface area (Å²) in [6, 6.07) is 7.86. The van der Waals surface area contributed by atoms with Crippen LogP contribution in [0.1, 0.15) is 19.3 Å². The van der Waals surface area contributed by atoms with Gasteiger partial charge in [-0.05, 0) is 66.7 Å². The summed E-state index contributed by atoms with van der Waals surface area (Å²) in [4.78, 5) is 20.6. The second-order valence-corrected chi connectivity index (χ2v) is 14.9. The minimum atomic E-state index is -2.75. The number of aryl methyl sites for hydroxylation is 1. The minimum Gasteiger partial charge on any atom is -0.494 e. The van der Waals surface area contributed by atoms with Gasteiger partial charge in [0.05, 0.1) is 40.0 Å². The zero-order valence-electron chi connectivity index (χ0n) is 24.5. The third-order valence-electron chi connectivity index (χ3n) is 7.43. The highest BCUT2D eigenvalue weighted by Gasteiger charge is 2.23. The van der Waals surface area contributed by atoms with E-state index in [1.54, 1.807) is 43.7 Å². The molecule has 4 heterocycles. The van der Waals surface area contributed by atoms with Crippen molar-refractivity contribution in [2.24, 2.45) is 7.05 Å². The van der Waals surface area contributed by atoms with Gasteiger partial charge in [0.15, 0.2) is 0 Å². The molecule has 6 rings (SSSR count). The van der Waals surface area contributed by atoms with Crippen LogP contribution in [0, 0.1) is 0 Å². The maximum Gasteiger partial charge on any atom is 0.229 e. The molecule has 1 fully saturated rings. The highest BCUT2D eigenvalue weighted by atomic mass is 79.9. The Kier molecular flexibility index (Phi) is 8.07. The summed E-state index contributed by atoms with van der Waals surface area (Å²) in [6.45, 7) is 5.45. The summed E-state index contributed by atoms with van der Waals surface area (Å²) < 4.78 is 21.7. The van der Waals surface area contributed by atoms with Gasteiger partial charge in [-0.2, -0.15) is 10.1 Å². The lowest BCUT2D eigenvalue weighted by atomic mass is 10.0. The van der Waals surface area contributed by atoms with Gasteiger partial charge in [-0.25, -0.2) is 4.98 Å². The van der Waals surface area contributed by atoms with Crippen LogP contribution in [-0.4, -0.2) is 63.2 Å². The standard InChI is InChI=1S/C30H33BrN9O2P/c1-39-18-19(16-35-39)20-14-24(26(42-2)15-25(20)40-12-6-5-7-13-40)37-30-34-17-21(31)29(38-30)36-23-9-8-22-27(33-11-10-32-22)28(23)43(3,4)41/h8-11,14-18H,5-7,12-13H2,1-4H3,(H2,34,36,37,38). The zero-order valence-corrected chi connectivity index (χ0v) is 27.0. The molecule has 11 nitrogen and oxygen atoms in total. The smallest absolute Gasteiger partial charge is 0.229 e. The molecule has 2 aromatic carbocycles. The first-order valence-corrected chi connectivity index (χ1v) is 17.4. The number of piperidine rings is 1. The van der Waals surface area contributed by atoms with Crippen LogP contribution in [0.2, 0.25) is 0 Å². The van der Waals surface area contributed by atoms with Crippen molar-refractivity contribution in [2.45, 2.75) is 19.3 Å². The lowest BCUT2D eigenvalue weighted by Gasteiger charge is -2.31. The average Bonchev–Trinajstić information content (AvgIpc) is 3.44. The molecule has 0 saturated carbocycles. The van der Waals surface area contributed by atoms with Crippen molar-refractivity contribution in [1.82, 2.24) is 29.7 Å². The fourth-order valence-electron chi connectivity index (χ4n) is 5.45. The number of hydrogen-bond donors (Lipinski definition) is 2. The second-order valence-electron chi connectivity index (χ2n) is 10.9. The Morgan fingerprint density at radius 3 is 2.49 bits per heavy atom. The molecule has 43 heavy (non-hydrogen) atoms. The van der Waals surface area contributed by atoms with Crippen molar-refractivity contribution in [1.29, 1.82) is 0 Å². The number of benzene rings is 2. The summed E-state index contributed by atoms with van der Waals surface area (Å²) in [6.07, 6.45) is 12.4. The van der Waals surface area contributed by atoms with Gasteiger partial charge in [0.2, 0.25) is 5.95 Å². The predicted octanol–water partition coefficient (Wildman–Crippen LogP) is 6.32. The number of halogens is 1. The first-order valence-electron chi connectivity index (χ1n) is 14.0. The summed E-state index contributed by atoms with van der Waals surface area (Å²) in [5, 5.41) is 11.8. The Labute approximate surface area is 258 Å². The van der Waals surface area contributed by atoms with E-state index >= 15 is 0 Å². The van der Waals surface area contributed by atoms with Crippen LogP contribution in [0.15, 0.2) is 59.7 Å². The third-order valence-corrected chi connectivity index (χ3v) is 9.54. The Bertz CT molecular complexity index is 1850. The van der Waals surface area contributed by atoms with Gasteiger partial charge in [-0.15, -0.1) is 0 Å². The normalized spacial score (nSPS) is 13.7. The lowest BCUT2D eigenvalue weighted by molar-refractivity contribution is 0.416. The van der Waals surface area contributed by atoms with E-state index in [1.165, 1.54) is 6.42 Å². The van der Waals surface area contributed by atoms with Gasteiger partial charge < -0.3 is 24.8 Å². The maximum atomic E-state index is 13.4. The van der Waals surface area contributed by atoms with Crippen LogP contribution in [0.3, 0.4) is 0 Å². The monoisotopic (exact) mass is 661 g/mol. The molecule has 13 heteroatoms. The van der Waals surface area contributed by atoms with Gasteiger partial charge in [0, 0.05) is 67.8 Å². The van der Waals surface area contributed by atoms with Crippen LogP contribution >= 0.6 is 23.1 Å². The minimum absolute atomic E-state index is 0.366. The van der Waals surface area contributed by atoms with Gasteiger partial charge in [-0.1, -0.05) is 0 Å². The summed E-state index contributed by atoms with van der Waals surface area (Å²) in [5.74, 6) is 1.56. The van der Waals surface area contributed by atoms with E-state index in [9.17, 15) is 4.57 Å². The number of aromatic nitrogens is 6. The van der Waals surface area contributed by atoms with E-state index in [0.29, 0.717) is 44.0 Å². The lowest BCUT2D eigenvalue weighted by Crippen LogP contribution is -2.29. The number of nitrogens with one attached hydrogen (secondary N) is 2. The molecule has 1 aliphatic heterocycles. The van der Waals surface area contributed by atoms with Crippen molar-refractivity contribution in [2.75, 3.05) is 49.1 Å². The molecule has 0 unspecified atom stereocenters. The first-order chi connectivity index (χ1) is 20.7. The average molecular weight is 663 g/mol. The summed E-state index contributed by atoms with van der Waals surface area (Å²) in [5.41, 5.74) is 5.84. The maximum absolute atomic E-state index is 13.4. The largest absolute Gasteiger partial charge is 0.494 e. The molecule has 5 aromatic rings. The summed E-state index contributed by atoms with van der Waals surface area (Å²) in [7, 11) is 0.834. The van der Waals surface area contributed by atoms with Crippen molar-refractivity contribution in [3.63, 3.8) is 0 Å². The van der Waals surface area contributed by atoms with Gasteiger partial charge in [0.25, 0.3) is 0 Å². The van der Waals surface area contributed by atoms with E-state index in [2.05, 4.69) is 63.6 Å². The second kappa shape index (κ2) is 11.9. The molecule has 0 radical (unpaired) electrons. The number of rotatable bonds is 8. The molecule has 0 atom stereocenters. The van der Waals surface area contributed by atoms with E-state index in [4.69, 9.17) is 9.72 Å². The molecular formula is C30H33BrN9O2P. The number of anilines is 5. The quantitative estimate of drug-likeness (QED) is 0.183. The number of ether oxygens (including phenoxy) is 1.